The van der Waals surface area contributed by atoms with Gasteiger partial charge in [0.05, 0.1) is 5.92 Å². The summed E-state index contributed by atoms with van der Waals surface area (Å²) in [7, 11) is 0. The first-order valence-corrected chi connectivity index (χ1v) is 9.33. The van der Waals surface area contributed by atoms with Crippen LogP contribution >= 0.6 is 0 Å². The standard InChI is InChI=1S/C20H23N5O2/c1-13(2)19-24-16-11-15(6-7-17(16)27-19)23-18(26)14-5-3-10-25(12-14)20-21-8-4-9-22-20/h4,6-9,11,13-14H,3,5,10,12H2,1-2H3,(H,23,26). The maximum absolute atomic E-state index is 12.8. The number of benzene rings is 1. The fourth-order valence-corrected chi connectivity index (χ4v) is 3.34. The lowest BCUT2D eigenvalue weighted by Gasteiger charge is -2.31. The van der Waals surface area contributed by atoms with Gasteiger partial charge in [-0.2, -0.15) is 0 Å². The molecule has 0 saturated carbocycles. The molecule has 1 aliphatic rings. The van der Waals surface area contributed by atoms with E-state index in [9.17, 15) is 4.79 Å². The molecule has 7 heteroatoms. The van der Waals surface area contributed by atoms with Crippen molar-refractivity contribution in [2.75, 3.05) is 23.3 Å². The summed E-state index contributed by atoms with van der Waals surface area (Å²) < 4.78 is 5.72. The number of amides is 1. The minimum atomic E-state index is -0.0956. The molecule has 7 nitrogen and oxygen atoms in total. The summed E-state index contributed by atoms with van der Waals surface area (Å²) in [4.78, 5) is 27.9. The third-order valence-corrected chi connectivity index (χ3v) is 4.79. The molecule has 0 spiro atoms. The molecule has 1 aliphatic heterocycles. The maximum Gasteiger partial charge on any atom is 0.229 e. The normalized spacial score (nSPS) is 17.4. The SMILES string of the molecule is CC(C)c1nc2cc(NC(=O)C3CCCN(c4ncccn4)C3)ccc2o1. The molecule has 0 bridgehead atoms. The second-order valence-corrected chi connectivity index (χ2v) is 7.21. The Labute approximate surface area is 157 Å². The summed E-state index contributed by atoms with van der Waals surface area (Å²) in [6.07, 6.45) is 5.25. The zero-order chi connectivity index (χ0) is 18.8. The van der Waals surface area contributed by atoms with Crippen LogP contribution in [0.2, 0.25) is 0 Å². The van der Waals surface area contributed by atoms with Crippen molar-refractivity contribution in [3.63, 3.8) is 0 Å². The minimum absolute atomic E-state index is 0.0163. The Kier molecular flexibility index (Phi) is 4.75. The van der Waals surface area contributed by atoms with Gasteiger partial charge in [-0.05, 0) is 37.1 Å². The number of hydrogen-bond donors (Lipinski definition) is 1. The highest BCUT2D eigenvalue weighted by Crippen LogP contribution is 2.25. The maximum atomic E-state index is 12.8. The van der Waals surface area contributed by atoms with Gasteiger partial charge >= 0.3 is 0 Å². The van der Waals surface area contributed by atoms with Gasteiger partial charge in [0.1, 0.15) is 5.52 Å². The van der Waals surface area contributed by atoms with Crippen molar-refractivity contribution in [3.05, 3.63) is 42.5 Å². The molecule has 3 aromatic rings. The average Bonchev–Trinajstić information content (AvgIpc) is 3.12. The van der Waals surface area contributed by atoms with E-state index in [-0.39, 0.29) is 17.7 Å². The summed E-state index contributed by atoms with van der Waals surface area (Å²) in [5.41, 5.74) is 2.24. The highest BCUT2D eigenvalue weighted by molar-refractivity contribution is 5.94. The number of carbonyl (C=O) groups is 1. The Hall–Kier alpha value is -2.96. The second-order valence-electron chi connectivity index (χ2n) is 7.21. The van der Waals surface area contributed by atoms with Crippen LogP contribution in [0.15, 0.2) is 41.1 Å². The molecule has 3 heterocycles. The van der Waals surface area contributed by atoms with Crippen LogP contribution in [0.3, 0.4) is 0 Å². The van der Waals surface area contributed by atoms with Gasteiger partial charge in [0, 0.05) is 37.1 Å². The monoisotopic (exact) mass is 365 g/mol. The number of oxazole rings is 1. The van der Waals surface area contributed by atoms with E-state index in [0.29, 0.717) is 18.4 Å². The first-order chi connectivity index (χ1) is 13.1. The largest absolute Gasteiger partial charge is 0.440 e. The fraction of sp³-hybridized carbons (Fsp3) is 0.400. The number of rotatable bonds is 4. The van der Waals surface area contributed by atoms with Crippen LogP contribution in [0.5, 0.6) is 0 Å². The smallest absolute Gasteiger partial charge is 0.229 e. The van der Waals surface area contributed by atoms with E-state index in [1.807, 2.05) is 32.0 Å². The van der Waals surface area contributed by atoms with Crippen molar-refractivity contribution in [1.29, 1.82) is 0 Å². The van der Waals surface area contributed by atoms with Gasteiger partial charge in [0.15, 0.2) is 11.5 Å². The van der Waals surface area contributed by atoms with Gasteiger partial charge in [-0.1, -0.05) is 13.8 Å². The van der Waals surface area contributed by atoms with Crippen LogP contribution in [-0.2, 0) is 4.79 Å². The van der Waals surface area contributed by atoms with Crippen LogP contribution in [0.25, 0.3) is 11.1 Å². The van der Waals surface area contributed by atoms with Crippen molar-refractivity contribution in [2.45, 2.75) is 32.6 Å². The number of fused-ring (bicyclic) bond motifs is 1. The Morgan fingerprint density at radius 3 is 2.89 bits per heavy atom. The predicted octanol–water partition coefficient (Wildman–Crippen LogP) is 3.60. The number of hydrogen-bond acceptors (Lipinski definition) is 6. The third kappa shape index (κ3) is 3.77. The quantitative estimate of drug-likeness (QED) is 0.760. The number of anilines is 2. The predicted molar refractivity (Wildman–Crippen MR) is 104 cm³/mol. The van der Waals surface area contributed by atoms with Crippen molar-refractivity contribution < 1.29 is 9.21 Å². The topological polar surface area (TPSA) is 84.2 Å². The van der Waals surface area contributed by atoms with Crippen LogP contribution in [0.1, 0.15) is 38.5 Å². The van der Waals surface area contributed by atoms with Crippen LogP contribution in [-0.4, -0.2) is 33.9 Å². The van der Waals surface area contributed by atoms with E-state index in [1.165, 1.54) is 0 Å². The zero-order valence-electron chi connectivity index (χ0n) is 15.6. The molecule has 1 fully saturated rings. The Bertz CT molecular complexity index is 938. The molecule has 2 aromatic heterocycles. The molecule has 1 atom stereocenters. The fourth-order valence-electron chi connectivity index (χ4n) is 3.34. The highest BCUT2D eigenvalue weighted by atomic mass is 16.3. The Morgan fingerprint density at radius 2 is 2.11 bits per heavy atom. The van der Waals surface area contributed by atoms with Crippen molar-refractivity contribution >= 4 is 28.6 Å². The molecule has 27 heavy (non-hydrogen) atoms. The molecule has 4 rings (SSSR count). The van der Waals surface area contributed by atoms with Crippen LogP contribution in [0, 0.1) is 5.92 Å². The first-order valence-electron chi connectivity index (χ1n) is 9.33. The van der Waals surface area contributed by atoms with E-state index >= 15 is 0 Å². The second kappa shape index (κ2) is 7.34. The van der Waals surface area contributed by atoms with Gasteiger partial charge in [-0.25, -0.2) is 15.0 Å². The number of nitrogens with one attached hydrogen (secondary N) is 1. The average molecular weight is 365 g/mol. The summed E-state index contributed by atoms with van der Waals surface area (Å²) in [5.74, 6) is 1.53. The number of aromatic nitrogens is 3. The summed E-state index contributed by atoms with van der Waals surface area (Å²) in [5, 5.41) is 3.03. The lowest BCUT2D eigenvalue weighted by Crippen LogP contribution is -2.41. The minimum Gasteiger partial charge on any atom is -0.440 e. The van der Waals surface area contributed by atoms with Gasteiger partial charge in [-0.15, -0.1) is 0 Å². The lowest BCUT2D eigenvalue weighted by atomic mass is 9.97. The summed E-state index contributed by atoms with van der Waals surface area (Å²) >= 11 is 0. The number of piperidine rings is 1. The van der Waals surface area contributed by atoms with Crippen LogP contribution < -0.4 is 10.2 Å². The highest BCUT2D eigenvalue weighted by Gasteiger charge is 2.27. The van der Waals surface area contributed by atoms with E-state index in [0.717, 1.165) is 36.2 Å². The molecule has 1 amide bonds. The number of carbonyl (C=O) groups excluding carboxylic acids is 1. The van der Waals surface area contributed by atoms with E-state index in [1.54, 1.807) is 18.5 Å². The molecule has 140 valence electrons. The van der Waals surface area contributed by atoms with Crippen molar-refractivity contribution in [1.82, 2.24) is 15.0 Å². The zero-order valence-corrected chi connectivity index (χ0v) is 15.6. The third-order valence-electron chi connectivity index (χ3n) is 4.79. The molecule has 0 radical (unpaired) electrons. The van der Waals surface area contributed by atoms with Crippen molar-refractivity contribution in [2.24, 2.45) is 5.92 Å². The summed E-state index contributed by atoms with van der Waals surface area (Å²) in [6.45, 7) is 5.58. The van der Waals surface area contributed by atoms with Gasteiger partial charge in [0.2, 0.25) is 11.9 Å². The molecule has 1 N–H and O–H groups in total. The first kappa shape index (κ1) is 17.5. The van der Waals surface area contributed by atoms with Crippen LogP contribution in [0.4, 0.5) is 11.6 Å². The van der Waals surface area contributed by atoms with Gasteiger partial charge in [-0.3, -0.25) is 4.79 Å². The molecular weight excluding hydrogens is 342 g/mol. The molecule has 1 saturated heterocycles. The Morgan fingerprint density at radius 1 is 1.30 bits per heavy atom. The lowest BCUT2D eigenvalue weighted by molar-refractivity contribution is -0.120. The molecular formula is C20H23N5O2. The molecule has 1 aromatic carbocycles. The summed E-state index contributed by atoms with van der Waals surface area (Å²) in [6, 6.07) is 7.37. The number of nitrogens with zero attached hydrogens (tertiary/aromatic N) is 4. The van der Waals surface area contributed by atoms with Gasteiger partial charge < -0.3 is 14.6 Å². The molecule has 0 aliphatic carbocycles. The van der Waals surface area contributed by atoms with Gasteiger partial charge in [0.25, 0.3) is 0 Å². The van der Waals surface area contributed by atoms with Crippen molar-refractivity contribution in [3.8, 4) is 0 Å². The van der Waals surface area contributed by atoms with E-state index in [2.05, 4.69) is 25.2 Å². The Balaban J connectivity index is 1.46. The molecule has 1 unspecified atom stereocenters. The van der Waals surface area contributed by atoms with E-state index in [4.69, 9.17) is 4.42 Å². The van der Waals surface area contributed by atoms with E-state index < -0.39 is 0 Å².